The highest BCUT2D eigenvalue weighted by Gasteiger charge is 2.33. The Balaban J connectivity index is 2.02. The SMILES string of the molecule is CN1C(=O)CCC(NC(=O)c2ncn[nH]2)C1=O. The summed E-state index contributed by atoms with van der Waals surface area (Å²) in [7, 11) is 1.40. The summed E-state index contributed by atoms with van der Waals surface area (Å²) in [5.41, 5.74) is 0. The molecule has 0 saturated carbocycles. The Bertz CT molecular complexity index is 455. The van der Waals surface area contributed by atoms with Crippen LogP contribution < -0.4 is 5.32 Å². The lowest BCUT2D eigenvalue weighted by Crippen LogP contribution is -2.53. The van der Waals surface area contributed by atoms with Crippen molar-refractivity contribution in [1.29, 1.82) is 0 Å². The van der Waals surface area contributed by atoms with Crippen molar-refractivity contribution in [3.63, 3.8) is 0 Å². The van der Waals surface area contributed by atoms with E-state index in [4.69, 9.17) is 0 Å². The number of aromatic nitrogens is 3. The zero-order valence-corrected chi connectivity index (χ0v) is 9.14. The van der Waals surface area contributed by atoms with E-state index >= 15 is 0 Å². The Labute approximate surface area is 96.4 Å². The van der Waals surface area contributed by atoms with Crippen molar-refractivity contribution in [2.75, 3.05) is 7.05 Å². The van der Waals surface area contributed by atoms with E-state index in [0.29, 0.717) is 6.42 Å². The Morgan fingerprint density at radius 3 is 3.00 bits per heavy atom. The molecule has 3 amide bonds. The first kappa shape index (κ1) is 11.2. The fourth-order valence-corrected chi connectivity index (χ4v) is 1.59. The van der Waals surface area contributed by atoms with E-state index in [0.717, 1.165) is 4.90 Å². The zero-order valence-electron chi connectivity index (χ0n) is 9.14. The molecule has 1 aromatic heterocycles. The standard InChI is InChI=1S/C9H11N5O3/c1-14-6(15)3-2-5(9(14)17)12-8(16)7-10-4-11-13-7/h4-5H,2-3H2,1H3,(H,12,16)(H,10,11,13). The van der Waals surface area contributed by atoms with Gasteiger partial charge in [0.15, 0.2) is 0 Å². The van der Waals surface area contributed by atoms with E-state index in [1.165, 1.54) is 13.4 Å². The summed E-state index contributed by atoms with van der Waals surface area (Å²) >= 11 is 0. The summed E-state index contributed by atoms with van der Waals surface area (Å²) < 4.78 is 0. The predicted octanol–water partition coefficient (Wildman–Crippen LogP) is -1.32. The highest BCUT2D eigenvalue weighted by Crippen LogP contribution is 2.11. The first-order valence-corrected chi connectivity index (χ1v) is 5.06. The lowest BCUT2D eigenvalue weighted by Gasteiger charge is -2.27. The van der Waals surface area contributed by atoms with Crippen molar-refractivity contribution in [1.82, 2.24) is 25.4 Å². The van der Waals surface area contributed by atoms with Gasteiger partial charge in [-0.15, -0.1) is 0 Å². The van der Waals surface area contributed by atoms with Gasteiger partial charge < -0.3 is 5.32 Å². The molecule has 8 heteroatoms. The molecule has 0 spiro atoms. The highest BCUT2D eigenvalue weighted by molar-refractivity contribution is 6.02. The molecular formula is C9H11N5O3. The van der Waals surface area contributed by atoms with Crippen LogP contribution in [0.15, 0.2) is 6.33 Å². The number of H-pyrrole nitrogens is 1. The quantitative estimate of drug-likeness (QED) is 0.620. The number of carbonyl (C=O) groups excluding carboxylic acids is 3. The van der Waals surface area contributed by atoms with Gasteiger partial charge in [-0.2, -0.15) is 5.10 Å². The van der Waals surface area contributed by atoms with E-state index < -0.39 is 17.9 Å². The van der Waals surface area contributed by atoms with Crippen LogP contribution in [-0.2, 0) is 9.59 Å². The van der Waals surface area contributed by atoms with Crippen LogP contribution in [0.25, 0.3) is 0 Å². The average Bonchev–Trinajstić information content (AvgIpc) is 2.83. The number of rotatable bonds is 2. The van der Waals surface area contributed by atoms with Gasteiger partial charge in [-0.05, 0) is 6.42 Å². The van der Waals surface area contributed by atoms with Gasteiger partial charge in [-0.25, -0.2) is 4.98 Å². The molecule has 1 aromatic rings. The molecule has 17 heavy (non-hydrogen) atoms. The number of imide groups is 1. The van der Waals surface area contributed by atoms with E-state index in [9.17, 15) is 14.4 Å². The molecular weight excluding hydrogens is 226 g/mol. The second-order valence-electron chi connectivity index (χ2n) is 3.69. The minimum Gasteiger partial charge on any atom is -0.337 e. The summed E-state index contributed by atoms with van der Waals surface area (Å²) in [4.78, 5) is 39.2. The fourth-order valence-electron chi connectivity index (χ4n) is 1.59. The third kappa shape index (κ3) is 2.14. The second kappa shape index (κ2) is 4.32. The molecule has 1 aliphatic heterocycles. The minimum atomic E-state index is -0.685. The smallest absolute Gasteiger partial charge is 0.289 e. The van der Waals surface area contributed by atoms with Gasteiger partial charge in [0.05, 0.1) is 0 Å². The van der Waals surface area contributed by atoms with Gasteiger partial charge in [0, 0.05) is 13.5 Å². The maximum absolute atomic E-state index is 11.7. The van der Waals surface area contributed by atoms with Gasteiger partial charge in [0.25, 0.3) is 11.8 Å². The lowest BCUT2D eigenvalue weighted by atomic mass is 10.0. The minimum absolute atomic E-state index is 0.0392. The van der Waals surface area contributed by atoms with Crippen molar-refractivity contribution in [2.24, 2.45) is 0 Å². The Morgan fingerprint density at radius 1 is 1.59 bits per heavy atom. The number of hydrogen-bond acceptors (Lipinski definition) is 5. The first-order valence-electron chi connectivity index (χ1n) is 5.06. The van der Waals surface area contributed by atoms with Crippen LogP contribution in [0.1, 0.15) is 23.5 Å². The molecule has 0 radical (unpaired) electrons. The van der Waals surface area contributed by atoms with Gasteiger partial charge in [-0.3, -0.25) is 24.4 Å². The van der Waals surface area contributed by atoms with Gasteiger partial charge in [-0.1, -0.05) is 0 Å². The molecule has 0 aliphatic carbocycles. The van der Waals surface area contributed by atoms with E-state index in [-0.39, 0.29) is 18.2 Å². The monoisotopic (exact) mass is 237 g/mol. The second-order valence-corrected chi connectivity index (χ2v) is 3.69. The molecule has 8 nitrogen and oxygen atoms in total. The number of aromatic amines is 1. The molecule has 0 bridgehead atoms. The lowest BCUT2D eigenvalue weighted by molar-refractivity contribution is -0.147. The van der Waals surface area contributed by atoms with E-state index in [1.54, 1.807) is 0 Å². The molecule has 2 heterocycles. The number of nitrogens with zero attached hydrogens (tertiary/aromatic N) is 3. The summed E-state index contributed by atoms with van der Waals surface area (Å²) in [6, 6.07) is -0.685. The number of hydrogen-bond donors (Lipinski definition) is 2. The molecule has 0 aromatic carbocycles. The molecule has 1 saturated heterocycles. The topological polar surface area (TPSA) is 108 Å². The summed E-state index contributed by atoms with van der Waals surface area (Å²) in [5.74, 6) is -1.12. The van der Waals surface area contributed by atoms with Gasteiger partial charge >= 0.3 is 0 Å². The normalized spacial score (nSPS) is 20.5. The van der Waals surface area contributed by atoms with Crippen molar-refractivity contribution in [2.45, 2.75) is 18.9 Å². The Hall–Kier alpha value is -2.25. The van der Waals surface area contributed by atoms with E-state index in [1.807, 2.05) is 0 Å². The number of nitrogens with one attached hydrogen (secondary N) is 2. The van der Waals surface area contributed by atoms with Crippen LogP contribution in [0.4, 0.5) is 0 Å². The number of piperidine rings is 1. The first-order chi connectivity index (χ1) is 8.09. The number of likely N-dealkylation sites (tertiary alicyclic amines) is 1. The van der Waals surface area contributed by atoms with Crippen LogP contribution in [0, 0.1) is 0 Å². The summed E-state index contributed by atoms with van der Waals surface area (Å²) in [5, 5.41) is 8.44. The largest absolute Gasteiger partial charge is 0.337 e. The molecule has 1 unspecified atom stereocenters. The zero-order chi connectivity index (χ0) is 12.4. The highest BCUT2D eigenvalue weighted by atomic mass is 16.2. The molecule has 2 rings (SSSR count). The van der Waals surface area contributed by atoms with Crippen molar-refractivity contribution in [3.05, 3.63) is 12.2 Å². The van der Waals surface area contributed by atoms with Crippen LogP contribution in [0.3, 0.4) is 0 Å². The predicted molar refractivity (Wildman–Crippen MR) is 54.6 cm³/mol. The average molecular weight is 237 g/mol. The summed E-state index contributed by atoms with van der Waals surface area (Å²) in [6.45, 7) is 0. The summed E-state index contributed by atoms with van der Waals surface area (Å²) in [6.07, 6.45) is 1.75. The molecule has 1 atom stereocenters. The Kier molecular flexibility index (Phi) is 2.86. The third-order valence-electron chi connectivity index (χ3n) is 2.59. The van der Waals surface area contributed by atoms with Gasteiger partial charge in [0.2, 0.25) is 11.7 Å². The number of likely N-dealkylation sites (N-methyl/N-ethyl adjacent to an activating group) is 1. The van der Waals surface area contributed by atoms with Crippen molar-refractivity contribution >= 4 is 17.7 Å². The number of amides is 3. The van der Waals surface area contributed by atoms with Crippen LogP contribution >= 0.6 is 0 Å². The van der Waals surface area contributed by atoms with Crippen LogP contribution in [-0.4, -0.2) is 50.9 Å². The molecule has 90 valence electrons. The molecule has 1 fully saturated rings. The van der Waals surface area contributed by atoms with Gasteiger partial charge in [0.1, 0.15) is 12.4 Å². The van der Waals surface area contributed by atoms with Crippen LogP contribution in [0.2, 0.25) is 0 Å². The maximum Gasteiger partial charge on any atom is 0.289 e. The Morgan fingerprint density at radius 2 is 2.35 bits per heavy atom. The maximum atomic E-state index is 11.7. The van der Waals surface area contributed by atoms with Crippen molar-refractivity contribution in [3.8, 4) is 0 Å². The third-order valence-corrected chi connectivity index (χ3v) is 2.59. The fraction of sp³-hybridized carbons (Fsp3) is 0.444. The van der Waals surface area contributed by atoms with Crippen molar-refractivity contribution < 1.29 is 14.4 Å². The molecule has 2 N–H and O–H groups in total. The molecule has 1 aliphatic rings. The van der Waals surface area contributed by atoms with E-state index in [2.05, 4.69) is 20.5 Å². The van der Waals surface area contributed by atoms with Crippen LogP contribution in [0.5, 0.6) is 0 Å². The number of carbonyl (C=O) groups is 3.